The van der Waals surface area contributed by atoms with E-state index < -0.39 is 0 Å². The molecule has 0 atom stereocenters. The van der Waals surface area contributed by atoms with Gasteiger partial charge in [-0.25, -0.2) is 0 Å². The average Bonchev–Trinajstić information content (AvgIpc) is 3.82. The van der Waals surface area contributed by atoms with E-state index in [1.54, 1.807) is 0 Å². The van der Waals surface area contributed by atoms with Crippen molar-refractivity contribution in [1.29, 1.82) is 0 Å². The standard InChI is InChI=1S/C59H41NO/c1-59(2)53-24-14-13-21-48(53)49-32-31-45(36-54(49)59)60(44-29-27-40(28-30-44)38-15-5-3-6-16-38)55-37-52-56-46(41-18-7-4-8-19-41)33-34-47(43-26-25-39-17-9-10-20-42(39)35-43)58(56)61-57(52)51-23-12-11-22-50(51)55/h3-37H,1-2H3. The van der Waals surface area contributed by atoms with Gasteiger partial charge in [0, 0.05) is 43.9 Å². The van der Waals surface area contributed by atoms with Gasteiger partial charge in [0.2, 0.25) is 0 Å². The Bertz CT molecular complexity index is 3490. The fourth-order valence-electron chi connectivity index (χ4n) is 10.0. The van der Waals surface area contributed by atoms with Crippen LogP contribution < -0.4 is 4.90 Å². The summed E-state index contributed by atoms with van der Waals surface area (Å²) in [6.07, 6.45) is 0. The normalized spacial score (nSPS) is 12.9. The second-order valence-electron chi connectivity index (χ2n) is 16.9. The maximum atomic E-state index is 7.24. The van der Waals surface area contributed by atoms with E-state index in [9.17, 15) is 0 Å². The molecule has 0 N–H and O–H groups in total. The van der Waals surface area contributed by atoms with Crippen LogP contribution in [0.4, 0.5) is 17.1 Å². The second kappa shape index (κ2) is 13.7. The Morgan fingerprint density at radius 2 is 0.951 bits per heavy atom. The van der Waals surface area contributed by atoms with E-state index in [2.05, 4.69) is 231 Å². The van der Waals surface area contributed by atoms with Gasteiger partial charge in [-0.3, -0.25) is 0 Å². The molecule has 2 nitrogen and oxygen atoms in total. The van der Waals surface area contributed by atoms with Crippen LogP contribution in [0.1, 0.15) is 25.0 Å². The first-order valence-electron chi connectivity index (χ1n) is 21.2. The van der Waals surface area contributed by atoms with Gasteiger partial charge in [-0.2, -0.15) is 0 Å². The van der Waals surface area contributed by atoms with Gasteiger partial charge in [0.25, 0.3) is 0 Å². The summed E-state index contributed by atoms with van der Waals surface area (Å²) in [5.41, 5.74) is 17.2. The minimum absolute atomic E-state index is 0.151. The molecule has 1 heterocycles. The largest absolute Gasteiger partial charge is 0.455 e. The number of benzene rings is 10. The molecule has 0 unspecified atom stereocenters. The van der Waals surface area contributed by atoms with Crippen molar-refractivity contribution in [3.05, 3.63) is 223 Å². The Morgan fingerprint density at radius 3 is 1.75 bits per heavy atom. The fraction of sp³-hybridized carbons (Fsp3) is 0.0508. The topological polar surface area (TPSA) is 16.4 Å². The monoisotopic (exact) mass is 779 g/mol. The Kier molecular flexibility index (Phi) is 7.92. The molecule has 0 fully saturated rings. The van der Waals surface area contributed by atoms with Crippen LogP contribution in [0.15, 0.2) is 217 Å². The van der Waals surface area contributed by atoms with Crippen LogP contribution in [0.5, 0.6) is 0 Å². The summed E-state index contributed by atoms with van der Waals surface area (Å²) in [4.78, 5) is 2.46. The lowest BCUT2D eigenvalue weighted by Gasteiger charge is -2.29. The van der Waals surface area contributed by atoms with Gasteiger partial charge in [0.05, 0.1) is 5.69 Å². The number of hydrogen-bond donors (Lipinski definition) is 0. The summed E-state index contributed by atoms with van der Waals surface area (Å²) < 4.78 is 7.24. The van der Waals surface area contributed by atoms with Gasteiger partial charge in [0.1, 0.15) is 11.2 Å². The summed E-state index contributed by atoms with van der Waals surface area (Å²) in [7, 11) is 0. The summed E-state index contributed by atoms with van der Waals surface area (Å²) >= 11 is 0. The van der Waals surface area contributed by atoms with Crippen LogP contribution in [-0.4, -0.2) is 0 Å². The van der Waals surface area contributed by atoms with Gasteiger partial charge in [-0.1, -0.05) is 184 Å². The quantitative estimate of drug-likeness (QED) is 0.167. The van der Waals surface area contributed by atoms with Gasteiger partial charge >= 0.3 is 0 Å². The van der Waals surface area contributed by atoms with Gasteiger partial charge in [-0.05, 0) is 103 Å². The maximum absolute atomic E-state index is 7.24. The first-order chi connectivity index (χ1) is 30.0. The lowest BCUT2D eigenvalue weighted by atomic mass is 9.82. The Hall–Kier alpha value is -7.68. The molecule has 0 radical (unpaired) electrons. The zero-order valence-corrected chi connectivity index (χ0v) is 34.1. The van der Waals surface area contributed by atoms with Crippen molar-refractivity contribution in [1.82, 2.24) is 0 Å². The first-order valence-corrected chi connectivity index (χ1v) is 21.2. The molecule has 0 aliphatic heterocycles. The number of anilines is 3. The predicted octanol–water partition coefficient (Wildman–Crippen LogP) is 16.7. The smallest absolute Gasteiger partial charge is 0.143 e. The number of nitrogens with zero attached hydrogens (tertiary/aromatic N) is 1. The molecule has 1 aliphatic carbocycles. The van der Waals surface area contributed by atoms with Crippen LogP contribution in [-0.2, 0) is 5.41 Å². The second-order valence-corrected chi connectivity index (χ2v) is 16.9. The van der Waals surface area contributed by atoms with Crippen LogP contribution in [0.25, 0.3) is 88.0 Å². The molecule has 0 saturated heterocycles. The van der Waals surface area contributed by atoms with E-state index in [-0.39, 0.29) is 5.41 Å². The third-order valence-corrected chi connectivity index (χ3v) is 13.0. The van der Waals surface area contributed by atoms with Crippen LogP contribution >= 0.6 is 0 Å². The van der Waals surface area contributed by atoms with Crippen molar-refractivity contribution < 1.29 is 4.42 Å². The lowest BCUT2D eigenvalue weighted by Crippen LogP contribution is -2.16. The minimum atomic E-state index is -0.151. The van der Waals surface area contributed by atoms with Crippen molar-refractivity contribution in [2.75, 3.05) is 4.90 Å². The molecule has 0 saturated carbocycles. The molecular weight excluding hydrogens is 739 g/mol. The zero-order chi connectivity index (χ0) is 40.7. The molecule has 1 aliphatic rings. The van der Waals surface area contributed by atoms with Crippen molar-refractivity contribution in [3.63, 3.8) is 0 Å². The van der Waals surface area contributed by atoms with E-state index >= 15 is 0 Å². The molecule has 0 spiro atoms. The van der Waals surface area contributed by atoms with Crippen molar-refractivity contribution in [2.45, 2.75) is 19.3 Å². The highest BCUT2D eigenvalue weighted by atomic mass is 16.3. The summed E-state index contributed by atoms with van der Waals surface area (Å²) in [6.45, 7) is 4.72. The number of fused-ring (bicyclic) bond motifs is 9. The summed E-state index contributed by atoms with van der Waals surface area (Å²) in [5.74, 6) is 0. The third kappa shape index (κ3) is 5.56. The molecular formula is C59H41NO. The van der Waals surface area contributed by atoms with Crippen LogP contribution in [0.3, 0.4) is 0 Å². The Morgan fingerprint density at radius 1 is 0.361 bits per heavy atom. The minimum Gasteiger partial charge on any atom is -0.455 e. The SMILES string of the molecule is CC1(C)c2ccccc2-c2ccc(N(c3ccc(-c4ccccc4)cc3)c3cc4c(oc5c(-c6ccc7ccccc7c6)ccc(-c6ccccc6)c54)c4ccccc34)cc21. The van der Waals surface area contributed by atoms with E-state index in [0.717, 1.165) is 72.0 Å². The average molecular weight is 780 g/mol. The van der Waals surface area contributed by atoms with E-state index in [4.69, 9.17) is 4.42 Å². The van der Waals surface area contributed by atoms with Crippen molar-refractivity contribution in [3.8, 4) is 44.5 Å². The van der Waals surface area contributed by atoms with Gasteiger partial charge < -0.3 is 9.32 Å². The van der Waals surface area contributed by atoms with Crippen LogP contribution in [0.2, 0.25) is 0 Å². The molecule has 2 heteroatoms. The molecule has 12 rings (SSSR count). The van der Waals surface area contributed by atoms with Crippen LogP contribution in [0, 0.1) is 0 Å². The summed E-state index contributed by atoms with van der Waals surface area (Å²) in [5, 5.41) is 6.83. The Labute approximate surface area is 355 Å². The number of rotatable bonds is 6. The maximum Gasteiger partial charge on any atom is 0.143 e. The predicted molar refractivity (Wildman–Crippen MR) is 257 cm³/mol. The van der Waals surface area contributed by atoms with Crippen molar-refractivity contribution >= 4 is 60.5 Å². The lowest BCUT2D eigenvalue weighted by molar-refractivity contribution is 0.660. The summed E-state index contributed by atoms with van der Waals surface area (Å²) in [6, 6.07) is 77.3. The highest BCUT2D eigenvalue weighted by molar-refractivity contribution is 6.24. The number of furan rings is 1. The van der Waals surface area contributed by atoms with Gasteiger partial charge in [0.15, 0.2) is 0 Å². The highest BCUT2D eigenvalue weighted by Gasteiger charge is 2.36. The number of hydrogen-bond acceptors (Lipinski definition) is 2. The molecule has 10 aromatic carbocycles. The molecule has 288 valence electrons. The van der Waals surface area contributed by atoms with Gasteiger partial charge in [-0.15, -0.1) is 0 Å². The van der Waals surface area contributed by atoms with Crippen molar-refractivity contribution in [2.24, 2.45) is 0 Å². The highest BCUT2D eigenvalue weighted by Crippen LogP contribution is 2.52. The van der Waals surface area contributed by atoms with E-state index in [0.29, 0.717) is 0 Å². The van der Waals surface area contributed by atoms with E-state index in [1.807, 2.05) is 0 Å². The van der Waals surface area contributed by atoms with E-state index in [1.165, 1.54) is 44.2 Å². The molecule has 1 aromatic heterocycles. The third-order valence-electron chi connectivity index (χ3n) is 13.0. The zero-order valence-electron chi connectivity index (χ0n) is 34.1. The molecule has 0 amide bonds. The molecule has 0 bridgehead atoms. The first kappa shape index (κ1) is 35.3. The molecule has 61 heavy (non-hydrogen) atoms. The Balaban J connectivity index is 1.15. The fourth-order valence-corrected chi connectivity index (χ4v) is 10.0. The molecule has 11 aromatic rings.